The fraction of sp³-hybridized carbons (Fsp3) is 0.385. The molecule has 0 atom stereocenters. The van der Waals surface area contributed by atoms with Crippen molar-refractivity contribution in [2.24, 2.45) is 11.7 Å². The average molecular weight is 269 g/mol. The van der Waals surface area contributed by atoms with Crippen molar-refractivity contribution in [1.29, 1.82) is 0 Å². The topological polar surface area (TPSA) is 63.4 Å². The fourth-order valence-corrected chi connectivity index (χ4v) is 1.92. The van der Waals surface area contributed by atoms with Crippen LogP contribution in [0, 0.1) is 5.92 Å². The molecule has 0 saturated carbocycles. The molecule has 4 nitrogen and oxygen atoms in total. The van der Waals surface area contributed by atoms with Gasteiger partial charge in [-0.15, -0.1) is 0 Å². The molecule has 5 heteroatoms. The van der Waals surface area contributed by atoms with E-state index in [0.29, 0.717) is 29.3 Å². The maximum Gasteiger partial charge on any atom is 0.236 e. The van der Waals surface area contributed by atoms with Crippen molar-refractivity contribution in [3.63, 3.8) is 0 Å². The Hall–Kier alpha value is -1.55. The molecule has 0 aromatic heterocycles. The third kappa shape index (κ3) is 4.04. The summed E-state index contributed by atoms with van der Waals surface area (Å²) in [4.78, 5) is 23.6. The van der Waals surface area contributed by atoms with Crippen LogP contribution in [-0.2, 0) is 4.79 Å². The number of nitrogens with zero attached hydrogens (tertiary/aromatic N) is 1. The average Bonchev–Trinajstić information content (AvgIpc) is 2.26. The van der Waals surface area contributed by atoms with Gasteiger partial charge in [0.15, 0.2) is 6.29 Å². The Labute approximate surface area is 112 Å². The first-order chi connectivity index (χ1) is 8.43. The Kier molecular flexibility index (Phi) is 5.16. The molecule has 0 spiro atoms. The summed E-state index contributed by atoms with van der Waals surface area (Å²) in [6.45, 7) is 4.93. The SMILES string of the molecule is CC(C)CN(CC(N)=O)c1ccc(C=O)c(Cl)c1. The van der Waals surface area contributed by atoms with Gasteiger partial charge in [0.25, 0.3) is 0 Å². The van der Waals surface area contributed by atoms with E-state index in [-0.39, 0.29) is 6.54 Å². The molecule has 0 heterocycles. The summed E-state index contributed by atoms with van der Waals surface area (Å²) in [6, 6.07) is 5.08. The van der Waals surface area contributed by atoms with E-state index >= 15 is 0 Å². The lowest BCUT2D eigenvalue weighted by Crippen LogP contribution is -2.36. The van der Waals surface area contributed by atoms with E-state index in [1.807, 2.05) is 4.90 Å². The normalized spacial score (nSPS) is 10.4. The maximum atomic E-state index is 11.1. The van der Waals surface area contributed by atoms with Gasteiger partial charge in [0.05, 0.1) is 11.6 Å². The molecule has 0 aliphatic carbocycles. The second-order valence-corrected chi connectivity index (χ2v) is 4.97. The number of hydrogen-bond acceptors (Lipinski definition) is 3. The van der Waals surface area contributed by atoms with E-state index in [2.05, 4.69) is 13.8 Å². The van der Waals surface area contributed by atoms with Crippen molar-refractivity contribution in [2.45, 2.75) is 13.8 Å². The molecule has 0 fully saturated rings. The van der Waals surface area contributed by atoms with Crippen LogP contribution in [-0.4, -0.2) is 25.3 Å². The monoisotopic (exact) mass is 268 g/mol. The highest BCUT2D eigenvalue weighted by atomic mass is 35.5. The van der Waals surface area contributed by atoms with Crippen LogP contribution in [0.3, 0.4) is 0 Å². The second-order valence-electron chi connectivity index (χ2n) is 4.56. The summed E-state index contributed by atoms with van der Waals surface area (Å²) >= 11 is 5.97. The zero-order valence-corrected chi connectivity index (χ0v) is 11.3. The molecule has 18 heavy (non-hydrogen) atoms. The third-order valence-corrected chi connectivity index (χ3v) is 2.74. The lowest BCUT2D eigenvalue weighted by molar-refractivity contribution is -0.116. The first kappa shape index (κ1) is 14.5. The number of rotatable bonds is 6. The molecule has 98 valence electrons. The molecule has 0 bridgehead atoms. The van der Waals surface area contributed by atoms with E-state index in [4.69, 9.17) is 17.3 Å². The van der Waals surface area contributed by atoms with Crippen molar-refractivity contribution >= 4 is 29.5 Å². The van der Waals surface area contributed by atoms with Crippen LogP contribution >= 0.6 is 11.6 Å². The smallest absolute Gasteiger partial charge is 0.236 e. The van der Waals surface area contributed by atoms with Crippen molar-refractivity contribution in [2.75, 3.05) is 18.0 Å². The van der Waals surface area contributed by atoms with Crippen molar-refractivity contribution in [3.05, 3.63) is 28.8 Å². The number of carbonyl (C=O) groups excluding carboxylic acids is 2. The molecule has 0 aliphatic rings. The minimum Gasteiger partial charge on any atom is -0.368 e. The fourth-order valence-electron chi connectivity index (χ4n) is 1.70. The van der Waals surface area contributed by atoms with Crippen LogP contribution in [0.1, 0.15) is 24.2 Å². The predicted molar refractivity (Wildman–Crippen MR) is 73.1 cm³/mol. The molecule has 0 unspecified atom stereocenters. The van der Waals surface area contributed by atoms with Crippen LogP contribution in [0.2, 0.25) is 5.02 Å². The van der Waals surface area contributed by atoms with Gasteiger partial charge in [-0.2, -0.15) is 0 Å². The van der Waals surface area contributed by atoms with Crippen LogP contribution in [0.25, 0.3) is 0 Å². The number of hydrogen-bond donors (Lipinski definition) is 1. The molecule has 2 N–H and O–H groups in total. The van der Waals surface area contributed by atoms with Gasteiger partial charge in [-0.3, -0.25) is 9.59 Å². The molecule has 1 aromatic carbocycles. The summed E-state index contributed by atoms with van der Waals surface area (Å²) in [5, 5.41) is 0.376. The summed E-state index contributed by atoms with van der Waals surface area (Å²) in [7, 11) is 0. The summed E-state index contributed by atoms with van der Waals surface area (Å²) in [5.74, 6) is -0.0138. The van der Waals surface area contributed by atoms with Gasteiger partial charge >= 0.3 is 0 Å². The highest BCUT2D eigenvalue weighted by Crippen LogP contribution is 2.23. The maximum absolute atomic E-state index is 11.1. The molecule has 0 aliphatic heterocycles. The van der Waals surface area contributed by atoms with E-state index in [0.717, 1.165) is 5.69 Å². The van der Waals surface area contributed by atoms with Crippen LogP contribution in [0.4, 0.5) is 5.69 Å². The highest BCUT2D eigenvalue weighted by Gasteiger charge is 2.12. The van der Waals surface area contributed by atoms with Gasteiger partial charge in [0.1, 0.15) is 0 Å². The largest absolute Gasteiger partial charge is 0.368 e. The number of primary amides is 1. The van der Waals surface area contributed by atoms with E-state index in [1.165, 1.54) is 0 Å². The van der Waals surface area contributed by atoms with Gasteiger partial charge in [-0.25, -0.2) is 0 Å². The van der Waals surface area contributed by atoms with Gasteiger partial charge in [0, 0.05) is 17.8 Å². The molecule has 0 radical (unpaired) electrons. The first-order valence-corrected chi connectivity index (χ1v) is 6.09. The van der Waals surface area contributed by atoms with Gasteiger partial charge in [0.2, 0.25) is 5.91 Å². The second kappa shape index (κ2) is 6.40. The van der Waals surface area contributed by atoms with Gasteiger partial charge in [-0.05, 0) is 24.1 Å². The Bertz CT molecular complexity index is 447. The van der Waals surface area contributed by atoms with Crippen molar-refractivity contribution in [1.82, 2.24) is 0 Å². The zero-order valence-electron chi connectivity index (χ0n) is 10.5. The minimum absolute atomic E-state index is 0.134. The standard InChI is InChI=1S/C13H17ClN2O2/c1-9(2)6-16(7-13(15)18)11-4-3-10(8-17)12(14)5-11/h3-5,8-9H,6-7H2,1-2H3,(H2,15,18). The van der Waals surface area contributed by atoms with Gasteiger partial charge in [-0.1, -0.05) is 25.4 Å². The molecule has 1 aromatic rings. The molecular weight excluding hydrogens is 252 g/mol. The quantitative estimate of drug-likeness (QED) is 0.804. The number of nitrogens with two attached hydrogens (primary N) is 1. The van der Waals surface area contributed by atoms with E-state index in [1.54, 1.807) is 18.2 Å². The van der Waals surface area contributed by atoms with E-state index in [9.17, 15) is 9.59 Å². The van der Waals surface area contributed by atoms with E-state index < -0.39 is 5.91 Å². The third-order valence-electron chi connectivity index (χ3n) is 2.41. The number of halogens is 1. The minimum atomic E-state index is -0.397. The Morgan fingerprint density at radius 2 is 2.17 bits per heavy atom. The number of amides is 1. The number of anilines is 1. The van der Waals surface area contributed by atoms with Gasteiger partial charge < -0.3 is 10.6 Å². The Morgan fingerprint density at radius 1 is 1.50 bits per heavy atom. The zero-order chi connectivity index (χ0) is 13.7. The summed E-state index contributed by atoms with van der Waals surface area (Å²) in [5.41, 5.74) is 6.45. The first-order valence-electron chi connectivity index (χ1n) is 5.72. The molecule has 0 saturated heterocycles. The van der Waals surface area contributed by atoms with Crippen molar-refractivity contribution in [3.8, 4) is 0 Å². The molecule has 1 rings (SSSR count). The lowest BCUT2D eigenvalue weighted by atomic mass is 10.1. The van der Waals surface area contributed by atoms with Crippen LogP contribution < -0.4 is 10.6 Å². The number of aldehydes is 1. The molecular formula is C13H17ClN2O2. The summed E-state index contributed by atoms with van der Waals surface area (Å²) < 4.78 is 0. The van der Waals surface area contributed by atoms with Crippen molar-refractivity contribution < 1.29 is 9.59 Å². The predicted octanol–water partition coefficient (Wildman–Crippen LogP) is 2.10. The lowest BCUT2D eigenvalue weighted by Gasteiger charge is -2.25. The van der Waals surface area contributed by atoms with Crippen LogP contribution in [0.15, 0.2) is 18.2 Å². The number of carbonyl (C=O) groups is 2. The Morgan fingerprint density at radius 3 is 2.61 bits per heavy atom. The highest BCUT2D eigenvalue weighted by molar-refractivity contribution is 6.33. The Balaban J connectivity index is 3.00. The molecule has 1 amide bonds. The van der Waals surface area contributed by atoms with Crippen LogP contribution in [0.5, 0.6) is 0 Å². The summed E-state index contributed by atoms with van der Waals surface area (Å²) in [6.07, 6.45) is 0.701. The number of benzene rings is 1.